The number of allylic oxidation sites excluding steroid dienone is 4. The van der Waals surface area contributed by atoms with E-state index >= 15 is 0 Å². The first-order valence-corrected chi connectivity index (χ1v) is 6.29. The number of rotatable bonds is 4. The molecule has 4 heteroatoms. The van der Waals surface area contributed by atoms with Crippen LogP contribution in [-0.4, -0.2) is 10.2 Å². The van der Waals surface area contributed by atoms with Gasteiger partial charge in [0.05, 0.1) is 11.4 Å². The molecule has 0 radical (unpaired) electrons. The lowest BCUT2D eigenvalue weighted by molar-refractivity contribution is 0.408. The van der Waals surface area contributed by atoms with Gasteiger partial charge in [-0.3, -0.25) is 0 Å². The zero-order valence-electron chi connectivity index (χ0n) is 12.1. The summed E-state index contributed by atoms with van der Waals surface area (Å²) in [6, 6.07) is 5.08. The topological polar surface area (TPSA) is 92.5 Å². The lowest BCUT2D eigenvalue weighted by atomic mass is 9.77. The van der Waals surface area contributed by atoms with Crippen LogP contribution in [0.15, 0.2) is 54.0 Å². The molecular weight excluding hydrogens is 252 g/mol. The third kappa shape index (κ3) is 3.15. The largest absolute Gasteiger partial charge is 0.510 e. The number of anilines is 1. The summed E-state index contributed by atoms with van der Waals surface area (Å²) in [4.78, 5) is 0. The summed E-state index contributed by atoms with van der Waals surface area (Å²) in [7, 11) is 0. The second-order valence-corrected chi connectivity index (χ2v) is 5.24. The van der Waals surface area contributed by atoms with E-state index in [9.17, 15) is 10.2 Å². The minimum Gasteiger partial charge on any atom is -0.510 e. The normalized spacial score (nSPS) is 13.8. The molecule has 0 spiro atoms. The van der Waals surface area contributed by atoms with Crippen molar-refractivity contribution in [3.63, 3.8) is 0 Å². The second-order valence-electron chi connectivity index (χ2n) is 5.24. The van der Waals surface area contributed by atoms with Crippen molar-refractivity contribution in [2.45, 2.75) is 26.2 Å². The molecule has 0 bridgehead atoms. The standard InChI is InChI=1S/C16H22N2O2/c1-5-11(8-13(17)10(2)19)16(3,4)12-6-7-15(20)14(18)9-12/h5-9,19-20H,1,17-18H2,2-4H3/b11-8+,13-10-. The first-order chi connectivity index (χ1) is 9.20. The molecule has 4 nitrogen and oxygen atoms in total. The Morgan fingerprint density at radius 2 is 1.95 bits per heavy atom. The number of phenols is 1. The lowest BCUT2D eigenvalue weighted by Crippen LogP contribution is -2.20. The lowest BCUT2D eigenvalue weighted by Gasteiger charge is -2.27. The summed E-state index contributed by atoms with van der Waals surface area (Å²) < 4.78 is 0. The Morgan fingerprint density at radius 3 is 2.40 bits per heavy atom. The van der Waals surface area contributed by atoms with Gasteiger partial charge in [-0.05, 0) is 36.3 Å². The van der Waals surface area contributed by atoms with Crippen LogP contribution in [0, 0.1) is 0 Å². The van der Waals surface area contributed by atoms with Crippen LogP contribution in [0.1, 0.15) is 26.3 Å². The molecule has 108 valence electrons. The van der Waals surface area contributed by atoms with Crippen LogP contribution < -0.4 is 11.5 Å². The second kappa shape index (κ2) is 5.74. The molecule has 0 fully saturated rings. The molecule has 0 saturated carbocycles. The molecule has 6 N–H and O–H groups in total. The zero-order chi connectivity index (χ0) is 15.5. The van der Waals surface area contributed by atoms with Gasteiger partial charge < -0.3 is 21.7 Å². The molecule has 0 aliphatic heterocycles. The number of phenolic OH excluding ortho intramolecular Hbond substituents is 1. The Bertz CT molecular complexity index is 580. The van der Waals surface area contributed by atoms with E-state index < -0.39 is 5.41 Å². The highest BCUT2D eigenvalue weighted by Gasteiger charge is 2.24. The number of hydrogen-bond acceptors (Lipinski definition) is 4. The molecule has 1 aromatic rings. The highest BCUT2D eigenvalue weighted by atomic mass is 16.3. The maximum Gasteiger partial charge on any atom is 0.138 e. The SMILES string of the molecule is C=C/C(=C\C(N)=C(/C)O)C(C)(C)c1ccc(O)c(N)c1. The Kier molecular flexibility index (Phi) is 4.50. The molecule has 0 unspecified atom stereocenters. The van der Waals surface area contributed by atoms with Crippen LogP contribution in [0.4, 0.5) is 5.69 Å². The van der Waals surface area contributed by atoms with Gasteiger partial charge in [-0.1, -0.05) is 32.6 Å². The monoisotopic (exact) mass is 274 g/mol. The van der Waals surface area contributed by atoms with Crippen LogP contribution >= 0.6 is 0 Å². The Labute approximate surface area is 119 Å². The van der Waals surface area contributed by atoms with E-state index in [1.165, 1.54) is 6.92 Å². The van der Waals surface area contributed by atoms with Crippen molar-refractivity contribution in [2.75, 3.05) is 5.73 Å². The fraction of sp³-hybridized carbons (Fsp3) is 0.250. The van der Waals surface area contributed by atoms with Gasteiger partial charge in [0.2, 0.25) is 0 Å². The molecule has 0 amide bonds. The van der Waals surface area contributed by atoms with Crippen LogP contribution in [0.3, 0.4) is 0 Å². The van der Waals surface area contributed by atoms with E-state index in [1.807, 2.05) is 13.8 Å². The van der Waals surface area contributed by atoms with E-state index in [1.54, 1.807) is 30.4 Å². The number of aliphatic hydroxyl groups excluding tert-OH is 1. The van der Waals surface area contributed by atoms with Gasteiger partial charge in [0.1, 0.15) is 11.5 Å². The summed E-state index contributed by atoms with van der Waals surface area (Å²) in [5.41, 5.74) is 13.5. The van der Waals surface area contributed by atoms with Crippen molar-refractivity contribution < 1.29 is 10.2 Å². The molecular formula is C16H22N2O2. The predicted octanol–water partition coefficient (Wildman–Crippen LogP) is 3.11. The van der Waals surface area contributed by atoms with Crippen LogP contribution in [-0.2, 0) is 5.41 Å². The molecule has 0 atom stereocenters. The minimum absolute atomic E-state index is 0.0549. The third-order valence-corrected chi connectivity index (χ3v) is 3.42. The first-order valence-electron chi connectivity index (χ1n) is 6.29. The average molecular weight is 274 g/mol. The summed E-state index contributed by atoms with van der Waals surface area (Å²) >= 11 is 0. The number of aromatic hydroxyl groups is 1. The quantitative estimate of drug-likeness (QED) is 0.294. The van der Waals surface area contributed by atoms with E-state index in [2.05, 4.69) is 6.58 Å². The zero-order valence-corrected chi connectivity index (χ0v) is 12.1. The van der Waals surface area contributed by atoms with Gasteiger partial charge >= 0.3 is 0 Å². The predicted molar refractivity (Wildman–Crippen MR) is 83.3 cm³/mol. The Balaban J connectivity index is 3.35. The number of nitrogen functional groups attached to an aromatic ring is 1. The van der Waals surface area contributed by atoms with Crippen molar-refractivity contribution in [2.24, 2.45) is 5.73 Å². The summed E-state index contributed by atoms with van der Waals surface area (Å²) in [5, 5.41) is 18.9. The first kappa shape index (κ1) is 15.7. The third-order valence-electron chi connectivity index (χ3n) is 3.42. The van der Waals surface area contributed by atoms with E-state index in [0.29, 0.717) is 11.4 Å². The van der Waals surface area contributed by atoms with E-state index in [-0.39, 0.29) is 11.5 Å². The van der Waals surface area contributed by atoms with Gasteiger partial charge in [-0.15, -0.1) is 0 Å². The van der Waals surface area contributed by atoms with Gasteiger partial charge in [0.15, 0.2) is 0 Å². The van der Waals surface area contributed by atoms with Crippen molar-refractivity contribution in [1.82, 2.24) is 0 Å². The molecule has 0 aliphatic carbocycles. The molecule has 1 rings (SSSR count). The highest BCUT2D eigenvalue weighted by Crippen LogP contribution is 2.35. The van der Waals surface area contributed by atoms with Crippen molar-refractivity contribution in [3.8, 4) is 5.75 Å². The smallest absolute Gasteiger partial charge is 0.138 e. The van der Waals surface area contributed by atoms with Crippen LogP contribution in [0.5, 0.6) is 5.75 Å². The summed E-state index contributed by atoms with van der Waals surface area (Å²) in [5.74, 6) is 0.115. The van der Waals surface area contributed by atoms with Gasteiger partial charge in [-0.2, -0.15) is 0 Å². The van der Waals surface area contributed by atoms with Crippen LogP contribution in [0.25, 0.3) is 0 Å². The summed E-state index contributed by atoms with van der Waals surface area (Å²) in [6.07, 6.45) is 3.38. The van der Waals surface area contributed by atoms with Gasteiger partial charge in [-0.25, -0.2) is 0 Å². The molecule has 0 heterocycles. The highest BCUT2D eigenvalue weighted by molar-refractivity contribution is 5.56. The number of aliphatic hydroxyl groups is 1. The molecule has 0 aromatic heterocycles. The number of benzene rings is 1. The Hall–Kier alpha value is -2.36. The number of hydrogen-bond donors (Lipinski definition) is 4. The summed E-state index contributed by atoms with van der Waals surface area (Å²) in [6.45, 7) is 9.31. The number of nitrogens with two attached hydrogens (primary N) is 2. The fourth-order valence-electron chi connectivity index (χ4n) is 1.88. The van der Waals surface area contributed by atoms with Gasteiger partial charge in [0.25, 0.3) is 0 Å². The Morgan fingerprint density at radius 1 is 1.35 bits per heavy atom. The fourth-order valence-corrected chi connectivity index (χ4v) is 1.88. The average Bonchev–Trinajstić information content (AvgIpc) is 2.38. The molecule has 0 aliphatic rings. The maximum absolute atomic E-state index is 9.50. The van der Waals surface area contributed by atoms with Crippen molar-refractivity contribution >= 4 is 5.69 Å². The van der Waals surface area contributed by atoms with Gasteiger partial charge in [0, 0.05) is 5.41 Å². The van der Waals surface area contributed by atoms with E-state index in [0.717, 1.165) is 11.1 Å². The molecule has 0 saturated heterocycles. The van der Waals surface area contributed by atoms with Crippen LogP contribution in [0.2, 0.25) is 0 Å². The van der Waals surface area contributed by atoms with E-state index in [4.69, 9.17) is 11.5 Å². The maximum atomic E-state index is 9.50. The molecule has 1 aromatic carbocycles. The molecule has 20 heavy (non-hydrogen) atoms. The van der Waals surface area contributed by atoms with Crippen molar-refractivity contribution in [1.29, 1.82) is 0 Å². The minimum atomic E-state index is -0.413. The van der Waals surface area contributed by atoms with Crippen molar-refractivity contribution in [3.05, 3.63) is 59.5 Å².